The van der Waals surface area contributed by atoms with Gasteiger partial charge in [-0.2, -0.15) is 11.8 Å². The first kappa shape index (κ1) is 13.2. The number of hydrogen-bond donors (Lipinski definition) is 3. The van der Waals surface area contributed by atoms with Crippen LogP contribution in [0.5, 0.6) is 0 Å². The molecule has 18 heavy (non-hydrogen) atoms. The molecule has 0 bridgehead atoms. The Bertz CT molecular complexity index is 415. The van der Waals surface area contributed by atoms with Crippen molar-refractivity contribution in [3.63, 3.8) is 0 Å². The number of amides is 1. The van der Waals surface area contributed by atoms with Crippen LogP contribution in [-0.4, -0.2) is 27.9 Å². The summed E-state index contributed by atoms with van der Waals surface area (Å²) in [5.41, 5.74) is 2.99. The van der Waals surface area contributed by atoms with Crippen molar-refractivity contribution >= 4 is 23.5 Å². The molecular weight excluding hydrogens is 248 g/mol. The molecule has 0 aliphatic carbocycles. The summed E-state index contributed by atoms with van der Waals surface area (Å²) in [6.45, 7) is 2.90. The van der Waals surface area contributed by atoms with Crippen LogP contribution in [0.3, 0.4) is 0 Å². The van der Waals surface area contributed by atoms with Crippen molar-refractivity contribution in [3.05, 3.63) is 23.9 Å². The average molecular weight is 266 g/mol. The Labute approximate surface area is 111 Å². The number of hydrazine groups is 1. The van der Waals surface area contributed by atoms with E-state index in [1.165, 1.54) is 18.4 Å². The van der Waals surface area contributed by atoms with Crippen LogP contribution in [0, 0.1) is 0 Å². The molecule has 1 amide bonds. The second-order valence-corrected chi connectivity index (χ2v) is 6.34. The van der Waals surface area contributed by atoms with Crippen molar-refractivity contribution in [3.8, 4) is 0 Å². The number of carbonyl (C=O) groups is 1. The first-order valence-corrected chi connectivity index (χ1v) is 6.96. The fraction of sp³-hybridized carbons (Fsp3) is 0.500. The quantitative estimate of drug-likeness (QED) is 0.567. The van der Waals surface area contributed by atoms with Crippen molar-refractivity contribution in [1.29, 1.82) is 0 Å². The number of nitrogen functional groups attached to an aromatic ring is 1. The normalized spacial score (nSPS) is 22.8. The number of hydrogen-bond acceptors (Lipinski definition) is 5. The van der Waals surface area contributed by atoms with E-state index in [4.69, 9.17) is 5.84 Å². The standard InChI is InChI=1S/C12H18N4OS/c1-12(5-2-6-18-12)8-15-11(17)9-3-4-10(16-13)14-7-9/h3-4,7H,2,5-6,8,13H2,1H3,(H,14,16)(H,15,17). The molecule has 0 spiro atoms. The number of nitrogens with zero attached hydrogens (tertiary/aromatic N) is 1. The van der Waals surface area contributed by atoms with Gasteiger partial charge < -0.3 is 10.7 Å². The second kappa shape index (κ2) is 5.58. The lowest BCUT2D eigenvalue weighted by Crippen LogP contribution is -2.36. The van der Waals surface area contributed by atoms with E-state index in [0.717, 1.165) is 6.42 Å². The number of pyridine rings is 1. The molecule has 0 radical (unpaired) electrons. The summed E-state index contributed by atoms with van der Waals surface area (Å²) in [6, 6.07) is 3.39. The number of carbonyl (C=O) groups excluding carboxylic acids is 1. The highest BCUT2D eigenvalue weighted by molar-refractivity contribution is 8.00. The smallest absolute Gasteiger partial charge is 0.252 e. The molecule has 5 nitrogen and oxygen atoms in total. The van der Waals surface area contributed by atoms with Gasteiger partial charge in [0.2, 0.25) is 0 Å². The predicted octanol–water partition coefficient (Wildman–Crippen LogP) is 1.38. The number of nitrogens with one attached hydrogen (secondary N) is 2. The SMILES string of the molecule is CC1(CNC(=O)c2ccc(NN)nc2)CCCS1. The Morgan fingerprint density at radius 3 is 3.00 bits per heavy atom. The van der Waals surface area contributed by atoms with Crippen LogP contribution in [-0.2, 0) is 0 Å². The van der Waals surface area contributed by atoms with Crippen LogP contribution >= 0.6 is 11.8 Å². The van der Waals surface area contributed by atoms with Gasteiger partial charge in [-0.05, 0) is 37.7 Å². The highest BCUT2D eigenvalue weighted by Gasteiger charge is 2.29. The topological polar surface area (TPSA) is 80.0 Å². The first-order chi connectivity index (χ1) is 8.63. The molecule has 98 valence electrons. The van der Waals surface area contributed by atoms with Gasteiger partial charge in [0, 0.05) is 17.5 Å². The van der Waals surface area contributed by atoms with E-state index in [0.29, 0.717) is 17.9 Å². The molecule has 2 rings (SSSR count). The van der Waals surface area contributed by atoms with Gasteiger partial charge in [0.25, 0.3) is 5.91 Å². The summed E-state index contributed by atoms with van der Waals surface area (Å²) < 4.78 is 0.182. The van der Waals surface area contributed by atoms with Gasteiger partial charge in [-0.15, -0.1) is 0 Å². The molecule has 2 heterocycles. The van der Waals surface area contributed by atoms with E-state index < -0.39 is 0 Å². The van der Waals surface area contributed by atoms with Gasteiger partial charge in [-0.1, -0.05) is 0 Å². The maximum absolute atomic E-state index is 11.9. The van der Waals surface area contributed by atoms with E-state index in [2.05, 4.69) is 22.7 Å². The molecule has 6 heteroatoms. The minimum absolute atomic E-state index is 0.0835. The molecular formula is C12H18N4OS. The summed E-state index contributed by atoms with van der Waals surface area (Å²) >= 11 is 1.93. The third kappa shape index (κ3) is 3.14. The third-order valence-corrected chi connectivity index (χ3v) is 4.64. The van der Waals surface area contributed by atoms with Gasteiger partial charge in [-0.3, -0.25) is 4.79 Å². The lowest BCUT2D eigenvalue weighted by molar-refractivity contribution is 0.0949. The largest absolute Gasteiger partial charge is 0.351 e. The minimum Gasteiger partial charge on any atom is -0.351 e. The van der Waals surface area contributed by atoms with Crippen molar-refractivity contribution in [2.75, 3.05) is 17.7 Å². The number of aromatic nitrogens is 1. The minimum atomic E-state index is -0.0835. The van der Waals surface area contributed by atoms with Crippen molar-refractivity contribution in [2.24, 2.45) is 5.84 Å². The average Bonchev–Trinajstić information content (AvgIpc) is 2.83. The zero-order valence-corrected chi connectivity index (χ0v) is 11.2. The molecule has 1 saturated heterocycles. The summed E-state index contributed by atoms with van der Waals surface area (Å²) in [7, 11) is 0. The van der Waals surface area contributed by atoms with Crippen molar-refractivity contribution in [1.82, 2.24) is 10.3 Å². The van der Waals surface area contributed by atoms with Crippen LogP contribution in [0.15, 0.2) is 18.3 Å². The molecule has 1 unspecified atom stereocenters. The molecule has 1 aromatic heterocycles. The fourth-order valence-electron chi connectivity index (χ4n) is 1.96. The predicted molar refractivity (Wildman–Crippen MR) is 74.5 cm³/mol. The number of rotatable bonds is 4. The Morgan fingerprint density at radius 2 is 2.44 bits per heavy atom. The molecule has 1 aromatic rings. The van der Waals surface area contributed by atoms with Gasteiger partial charge >= 0.3 is 0 Å². The molecule has 1 fully saturated rings. The summed E-state index contributed by atoms with van der Waals surface area (Å²) in [6.07, 6.45) is 3.91. The van der Waals surface area contributed by atoms with E-state index in [1.807, 2.05) is 11.8 Å². The molecule has 1 aliphatic heterocycles. The number of nitrogens with two attached hydrogens (primary N) is 1. The fourth-order valence-corrected chi connectivity index (χ4v) is 3.20. The van der Waals surface area contributed by atoms with Gasteiger partial charge in [0.15, 0.2) is 0 Å². The van der Waals surface area contributed by atoms with E-state index >= 15 is 0 Å². The summed E-state index contributed by atoms with van der Waals surface area (Å²) in [5.74, 6) is 6.87. The maximum atomic E-state index is 11.9. The zero-order valence-electron chi connectivity index (χ0n) is 10.4. The number of anilines is 1. The Kier molecular flexibility index (Phi) is 4.08. The lowest BCUT2D eigenvalue weighted by Gasteiger charge is -2.22. The van der Waals surface area contributed by atoms with Crippen LogP contribution in [0.1, 0.15) is 30.1 Å². The Balaban J connectivity index is 1.90. The van der Waals surface area contributed by atoms with Crippen LogP contribution in [0.4, 0.5) is 5.82 Å². The van der Waals surface area contributed by atoms with Gasteiger partial charge in [0.05, 0.1) is 5.56 Å². The highest BCUT2D eigenvalue weighted by Crippen LogP contribution is 2.36. The molecule has 0 saturated carbocycles. The van der Waals surface area contributed by atoms with Crippen molar-refractivity contribution in [2.45, 2.75) is 24.5 Å². The lowest BCUT2D eigenvalue weighted by atomic mass is 10.1. The second-order valence-electron chi connectivity index (χ2n) is 4.66. The van der Waals surface area contributed by atoms with Crippen molar-refractivity contribution < 1.29 is 4.79 Å². The molecule has 4 N–H and O–H groups in total. The van der Waals surface area contributed by atoms with Crippen LogP contribution in [0.25, 0.3) is 0 Å². The third-order valence-electron chi connectivity index (χ3n) is 3.10. The molecule has 1 aliphatic rings. The summed E-state index contributed by atoms with van der Waals surface area (Å²) in [5, 5.41) is 2.97. The van der Waals surface area contributed by atoms with E-state index in [9.17, 15) is 4.79 Å². The highest BCUT2D eigenvalue weighted by atomic mass is 32.2. The monoisotopic (exact) mass is 266 g/mol. The Hall–Kier alpha value is -1.27. The molecule has 1 atom stereocenters. The van der Waals surface area contributed by atoms with E-state index in [-0.39, 0.29) is 10.7 Å². The first-order valence-electron chi connectivity index (χ1n) is 5.98. The summed E-state index contributed by atoms with van der Waals surface area (Å²) in [4.78, 5) is 15.9. The van der Waals surface area contributed by atoms with Gasteiger partial charge in [-0.25, -0.2) is 10.8 Å². The van der Waals surface area contributed by atoms with Crippen LogP contribution < -0.4 is 16.6 Å². The van der Waals surface area contributed by atoms with Crippen LogP contribution in [0.2, 0.25) is 0 Å². The number of thioether (sulfide) groups is 1. The maximum Gasteiger partial charge on any atom is 0.252 e. The zero-order chi connectivity index (χ0) is 13.0. The Morgan fingerprint density at radius 1 is 1.61 bits per heavy atom. The van der Waals surface area contributed by atoms with Gasteiger partial charge in [0.1, 0.15) is 5.82 Å². The molecule has 0 aromatic carbocycles. The van der Waals surface area contributed by atoms with E-state index in [1.54, 1.807) is 12.1 Å².